The number of ether oxygens (including phenoxy) is 1. The molecule has 0 aliphatic rings. The van der Waals surface area contributed by atoms with Crippen molar-refractivity contribution < 1.29 is 9.53 Å². The smallest absolute Gasteiger partial charge is 0.251 e. The molecule has 5 nitrogen and oxygen atoms in total. The summed E-state index contributed by atoms with van der Waals surface area (Å²) < 4.78 is 4.94. The lowest BCUT2D eigenvalue weighted by Gasteiger charge is -2.09. The first-order chi connectivity index (χ1) is 11.1. The topological polar surface area (TPSA) is 63.2 Å². The number of carbonyl (C=O) groups excluding carboxylic acids is 1. The first-order valence-electron chi connectivity index (χ1n) is 7.05. The molecule has 2 N–H and O–H groups in total. The van der Waals surface area contributed by atoms with Crippen LogP contribution >= 0.6 is 23.2 Å². The van der Waals surface area contributed by atoms with Crippen molar-refractivity contribution in [2.24, 2.45) is 0 Å². The maximum Gasteiger partial charge on any atom is 0.251 e. The third-order valence-corrected chi connectivity index (χ3v) is 3.57. The minimum absolute atomic E-state index is 0.159. The maximum atomic E-state index is 12.1. The molecule has 23 heavy (non-hydrogen) atoms. The first kappa shape index (κ1) is 17.5. The van der Waals surface area contributed by atoms with E-state index in [0.717, 1.165) is 6.42 Å². The van der Waals surface area contributed by atoms with Crippen LogP contribution in [0.15, 0.2) is 36.5 Å². The minimum Gasteiger partial charge on any atom is -0.385 e. The summed E-state index contributed by atoms with van der Waals surface area (Å²) in [6, 6.07) is 8.43. The SMILES string of the molecule is COCCCNC(=O)c1ccnc(Nc2ccc(Cl)cc2Cl)c1. The molecule has 1 amide bonds. The van der Waals surface area contributed by atoms with E-state index < -0.39 is 0 Å². The number of benzene rings is 1. The van der Waals surface area contributed by atoms with Gasteiger partial charge in [-0.1, -0.05) is 23.2 Å². The molecule has 0 aliphatic heterocycles. The third-order valence-electron chi connectivity index (χ3n) is 3.03. The van der Waals surface area contributed by atoms with Crippen LogP contribution < -0.4 is 10.6 Å². The van der Waals surface area contributed by atoms with Crippen LogP contribution in [0.3, 0.4) is 0 Å². The van der Waals surface area contributed by atoms with Gasteiger partial charge in [0.05, 0.1) is 10.7 Å². The molecule has 0 unspecified atom stereocenters. The van der Waals surface area contributed by atoms with E-state index in [4.69, 9.17) is 27.9 Å². The van der Waals surface area contributed by atoms with Gasteiger partial charge in [-0.2, -0.15) is 0 Å². The van der Waals surface area contributed by atoms with E-state index in [1.54, 1.807) is 43.6 Å². The summed E-state index contributed by atoms with van der Waals surface area (Å²) in [4.78, 5) is 16.3. The predicted octanol–water partition coefficient (Wildman–Crippen LogP) is 3.90. The molecule has 0 radical (unpaired) electrons. The van der Waals surface area contributed by atoms with E-state index in [0.29, 0.717) is 40.3 Å². The number of nitrogens with one attached hydrogen (secondary N) is 2. The zero-order valence-electron chi connectivity index (χ0n) is 12.6. The lowest BCUT2D eigenvalue weighted by molar-refractivity contribution is 0.0948. The van der Waals surface area contributed by atoms with Crippen molar-refractivity contribution in [3.8, 4) is 0 Å². The zero-order valence-corrected chi connectivity index (χ0v) is 14.1. The van der Waals surface area contributed by atoms with Gasteiger partial charge in [0.1, 0.15) is 5.82 Å². The molecule has 1 aromatic carbocycles. The standard InChI is InChI=1S/C16H17Cl2N3O2/c1-23-8-2-6-20-16(22)11-5-7-19-15(9-11)21-14-4-3-12(17)10-13(14)18/h3-5,7,9-10H,2,6,8H2,1H3,(H,19,21)(H,20,22). The van der Waals surface area contributed by atoms with Crippen molar-refractivity contribution in [3.63, 3.8) is 0 Å². The van der Waals surface area contributed by atoms with E-state index in [9.17, 15) is 4.79 Å². The quantitative estimate of drug-likeness (QED) is 0.741. The van der Waals surface area contributed by atoms with Crippen LogP contribution in [0.4, 0.5) is 11.5 Å². The van der Waals surface area contributed by atoms with Gasteiger partial charge in [0.25, 0.3) is 5.91 Å². The van der Waals surface area contributed by atoms with Gasteiger partial charge in [-0.25, -0.2) is 4.98 Å². The maximum absolute atomic E-state index is 12.1. The molecule has 0 fully saturated rings. The lowest BCUT2D eigenvalue weighted by Crippen LogP contribution is -2.25. The highest BCUT2D eigenvalue weighted by atomic mass is 35.5. The molecule has 0 bridgehead atoms. The summed E-state index contributed by atoms with van der Waals surface area (Å²) in [6.07, 6.45) is 2.33. The predicted molar refractivity (Wildman–Crippen MR) is 92.8 cm³/mol. The molecule has 1 heterocycles. The second-order valence-electron chi connectivity index (χ2n) is 4.78. The van der Waals surface area contributed by atoms with E-state index in [-0.39, 0.29) is 5.91 Å². The van der Waals surface area contributed by atoms with Gasteiger partial charge in [0.2, 0.25) is 0 Å². The fourth-order valence-electron chi connectivity index (χ4n) is 1.89. The van der Waals surface area contributed by atoms with Crippen LogP contribution in [0.5, 0.6) is 0 Å². The number of aromatic nitrogens is 1. The number of carbonyl (C=O) groups is 1. The van der Waals surface area contributed by atoms with Crippen molar-refractivity contribution in [1.29, 1.82) is 0 Å². The summed E-state index contributed by atoms with van der Waals surface area (Å²) in [6.45, 7) is 1.17. The Bertz CT molecular complexity index is 680. The summed E-state index contributed by atoms with van der Waals surface area (Å²) in [7, 11) is 1.63. The van der Waals surface area contributed by atoms with Gasteiger partial charge in [-0.15, -0.1) is 0 Å². The first-order valence-corrected chi connectivity index (χ1v) is 7.81. The normalized spacial score (nSPS) is 10.4. The monoisotopic (exact) mass is 353 g/mol. The van der Waals surface area contributed by atoms with Gasteiger partial charge in [-0.05, 0) is 36.8 Å². The van der Waals surface area contributed by atoms with Crippen molar-refractivity contribution in [2.75, 3.05) is 25.6 Å². The highest BCUT2D eigenvalue weighted by Gasteiger charge is 2.08. The second-order valence-corrected chi connectivity index (χ2v) is 5.62. The Hall–Kier alpha value is -1.82. The van der Waals surface area contributed by atoms with Gasteiger partial charge in [-0.3, -0.25) is 4.79 Å². The largest absolute Gasteiger partial charge is 0.385 e. The number of hydrogen-bond donors (Lipinski definition) is 2. The Morgan fingerprint density at radius 1 is 1.26 bits per heavy atom. The molecule has 122 valence electrons. The Kier molecular flexibility index (Phi) is 6.65. The second kappa shape index (κ2) is 8.72. The molecule has 2 aromatic rings. The van der Waals surface area contributed by atoms with Gasteiger partial charge < -0.3 is 15.4 Å². The van der Waals surface area contributed by atoms with Crippen molar-refractivity contribution in [3.05, 3.63) is 52.1 Å². The molecule has 0 atom stereocenters. The number of hydrogen-bond acceptors (Lipinski definition) is 4. The minimum atomic E-state index is -0.159. The molecule has 0 saturated heterocycles. The average molecular weight is 354 g/mol. The molecule has 2 rings (SSSR count). The van der Waals surface area contributed by atoms with Crippen LogP contribution in [0.2, 0.25) is 10.0 Å². The lowest BCUT2D eigenvalue weighted by atomic mass is 10.2. The molecular weight excluding hydrogens is 337 g/mol. The van der Waals surface area contributed by atoms with Crippen LogP contribution in [0.25, 0.3) is 0 Å². The summed E-state index contributed by atoms with van der Waals surface area (Å²) >= 11 is 12.0. The van der Waals surface area contributed by atoms with Gasteiger partial charge in [0.15, 0.2) is 0 Å². The van der Waals surface area contributed by atoms with Crippen molar-refractivity contribution >= 4 is 40.6 Å². The number of rotatable bonds is 7. The Morgan fingerprint density at radius 3 is 2.83 bits per heavy atom. The van der Waals surface area contributed by atoms with Crippen LogP contribution in [-0.4, -0.2) is 31.2 Å². The van der Waals surface area contributed by atoms with Crippen molar-refractivity contribution in [2.45, 2.75) is 6.42 Å². The Morgan fingerprint density at radius 2 is 2.09 bits per heavy atom. The number of nitrogens with zero attached hydrogens (tertiary/aromatic N) is 1. The average Bonchev–Trinajstić information content (AvgIpc) is 2.54. The van der Waals surface area contributed by atoms with Gasteiger partial charge in [0, 0.05) is 37.0 Å². The number of halogens is 2. The van der Waals surface area contributed by atoms with E-state index in [1.807, 2.05) is 0 Å². The summed E-state index contributed by atoms with van der Waals surface area (Å²) in [5.41, 5.74) is 1.19. The molecule has 0 spiro atoms. The highest BCUT2D eigenvalue weighted by Crippen LogP contribution is 2.27. The summed E-state index contributed by atoms with van der Waals surface area (Å²) in [5.74, 6) is 0.368. The van der Waals surface area contributed by atoms with Crippen LogP contribution in [0, 0.1) is 0 Å². The molecule has 7 heteroatoms. The summed E-state index contributed by atoms with van der Waals surface area (Å²) in [5, 5.41) is 6.93. The fraction of sp³-hybridized carbons (Fsp3) is 0.250. The van der Waals surface area contributed by atoms with Crippen LogP contribution in [0.1, 0.15) is 16.8 Å². The van der Waals surface area contributed by atoms with E-state index in [2.05, 4.69) is 15.6 Å². The molecule has 1 aromatic heterocycles. The zero-order chi connectivity index (χ0) is 16.7. The number of anilines is 2. The van der Waals surface area contributed by atoms with Gasteiger partial charge >= 0.3 is 0 Å². The molecule has 0 saturated carbocycles. The number of methoxy groups -OCH3 is 1. The van der Waals surface area contributed by atoms with E-state index >= 15 is 0 Å². The van der Waals surface area contributed by atoms with E-state index in [1.165, 1.54) is 0 Å². The molecular formula is C16H17Cl2N3O2. The Balaban J connectivity index is 2.03. The Labute approximate surface area is 145 Å². The fourth-order valence-corrected chi connectivity index (χ4v) is 2.35. The number of pyridine rings is 1. The third kappa shape index (κ3) is 5.39. The molecule has 0 aliphatic carbocycles. The number of amides is 1. The highest BCUT2D eigenvalue weighted by molar-refractivity contribution is 6.36. The van der Waals surface area contributed by atoms with Crippen LogP contribution in [-0.2, 0) is 4.74 Å². The van der Waals surface area contributed by atoms with Crippen molar-refractivity contribution in [1.82, 2.24) is 10.3 Å².